The molecule has 5 heteroatoms. The normalized spacial score (nSPS) is 12.8. The lowest BCUT2D eigenvalue weighted by Gasteiger charge is -2.17. The number of rotatable bonds is 7. The molecule has 2 aromatic rings. The highest BCUT2D eigenvalue weighted by molar-refractivity contribution is 7.09. The third-order valence-corrected chi connectivity index (χ3v) is 3.99. The second-order valence-corrected chi connectivity index (χ2v) is 5.40. The molecular formula is C13H20N4S. The second-order valence-electron chi connectivity index (χ2n) is 4.36. The van der Waals surface area contributed by atoms with Crippen LogP contribution in [0.3, 0.4) is 0 Å². The molecule has 2 heterocycles. The largest absolute Gasteiger partial charge is 0.309 e. The van der Waals surface area contributed by atoms with E-state index in [4.69, 9.17) is 0 Å². The van der Waals surface area contributed by atoms with Crippen LogP contribution < -0.4 is 5.32 Å². The number of aromatic nitrogens is 3. The molecule has 0 aliphatic carbocycles. The van der Waals surface area contributed by atoms with Gasteiger partial charge in [-0.15, -0.1) is 16.4 Å². The van der Waals surface area contributed by atoms with E-state index in [0.717, 1.165) is 19.4 Å². The zero-order valence-corrected chi connectivity index (χ0v) is 11.8. The predicted molar refractivity (Wildman–Crippen MR) is 74.7 cm³/mol. The van der Waals surface area contributed by atoms with E-state index < -0.39 is 0 Å². The van der Waals surface area contributed by atoms with Gasteiger partial charge in [-0.1, -0.05) is 18.2 Å². The van der Waals surface area contributed by atoms with Crippen LogP contribution in [0.25, 0.3) is 0 Å². The van der Waals surface area contributed by atoms with Gasteiger partial charge < -0.3 is 5.32 Å². The van der Waals surface area contributed by atoms with E-state index in [1.165, 1.54) is 17.0 Å². The van der Waals surface area contributed by atoms with Crippen molar-refractivity contribution in [2.75, 3.05) is 6.54 Å². The molecule has 1 unspecified atom stereocenters. The molecule has 1 N–H and O–H groups in total. The molecule has 0 saturated heterocycles. The third-order valence-electron chi connectivity index (χ3n) is 3.05. The van der Waals surface area contributed by atoms with Gasteiger partial charge in [0.1, 0.15) is 0 Å². The van der Waals surface area contributed by atoms with E-state index in [2.05, 4.69) is 40.1 Å². The minimum Gasteiger partial charge on any atom is -0.309 e. The van der Waals surface area contributed by atoms with Crippen molar-refractivity contribution in [3.63, 3.8) is 0 Å². The summed E-state index contributed by atoms with van der Waals surface area (Å²) in [5, 5.41) is 13.6. The van der Waals surface area contributed by atoms with E-state index in [1.54, 1.807) is 0 Å². The summed E-state index contributed by atoms with van der Waals surface area (Å²) in [6.07, 6.45) is 5.32. The van der Waals surface area contributed by atoms with Crippen molar-refractivity contribution in [2.45, 2.75) is 32.2 Å². The average molecular weight is 264 g/mol. The van der Waals surface area contributed by atoms with Crippen molar-refractivity contribution in [1.82, 2.24) is 20.3 Å². The topological polar surface area (TPSA) is 42.7 Å². The molecule has 2 rings (SSSR count). The number of nitrogens with one attached hydrogen (secondary N) is 1. The van der Waals surface area contributed by atoms with Gasteiger partial charge in [-0.2, -0.15) is 0 Å². The third kappa shape index (κ3) is 3.40. The van der Waals surface area contributed by atoms with Gasteiger partial charge in [-0.25, -0.2) is 0 Å². The van der Waals surface area contributed by atoms with Crippen molar-refractivity contribution in [3.05, 3.63) is 34.3 Å². The Morgan fingerprint density at radius 2 is 2.39 bits per heavy atom. The summed E-state index contributed by atoms with van der Waals surface area (Å²) in [4.78, 5) is 1.47. The van der Waals surface area contributed by atoms with Crippen molar-refractivity contribution in [3.8, 4) is 0 Å². The van der Waals surface area contributed by atoms with Crippen molar-refractivity contribution < 1.29 is 0 Å². The summed E-state index contributed by atoms with van der Waals surface area (Å²) in [5.74, 6) is 0. The number of hydrogen-bond acceptors (Lipinski definition) is 4. The number of thiophene rings is 1. The molecule has 0 aliphatic heterocycles. The lowest BCUT2D eigenvalue weighted by molar-refractivity contribution is 0.467. The Kier molecular flexibility index (Phi) is 4.90. The van der Waals surface area contributed by atoms with E-state index in [0.29, 0.717) is 6.04 Å². The standard InChI is InChI=1S/C13H20N4S/c1-3-14-12(13-10-15-16-17(13)2)8-4-6-11-7-5-9-18-11/h5,7,9-10,12,14H,3-4,6,8H2,1-2H3. The van der Waals surface area contributed by atoms with Crippen LogP contribution in [-0.2, 0) is 13.5 Å². The number of hydrogen-bond donors (Lipinski definition) is 1. The van der Waals surface area contributed by atoms with Gasteiger partial charge in [0.25, 0.3) is 0 Å². The molecule has 98 valence electrons. The molecule has 0 saturated carbocycles. The Morgan fingerprint density at radius 3 is 3.00 bits per heavy atom. The molecule has 0 fully saturated rings. The van der Waals surface area contributed by atoms with Crippen LogP contribution in [0, 0.1) is 0 Å². The van der Waals surface area contributed by atoms with E-state index in [-0.39, 0.29) is 0 Å². The van der Waals surface area contributed by atoms with Gasteiger partial charge in [0, 0.05) is 11.9 Å². The molecule has 4 nitrogen and oxygen atoms in total. The molecule has 2 aromatic heterocycles. The second kappa shape index (κ2) is 6.66. The zero-order valence-electron chi connectivity index (χ0n) is 11.0. The summed E-state index contributed by atoms with van der Waals surface area (Å²) in [7, 11) is 1.95. The Bertz CT molecular complexity index is 449. The van der Waals surface area contributed by atoms with Gasteiger partial charge >= 0.3 is 0 Å². The highest BCUT2D eigenvalue weighted by Crippen LogP contribution is 2.19. The minimum absolute atomic E-state index is 0.356. The fraction of sp³-hybridized carbons (Fsp3) is 0.538. The molecule has 18 heavy (non-hydrogen) atoms. The fourth-order valence-corrected chi connectivity index (χ4v) is 2.90. The van der Waals surface area contributed by atoms with Crippen molar-refractivity contribution in [1.29, 1.82) is 0 Å². The van der Waals surface area contributed by atoms with E-state index in [1.807, 2.05) is 29.3 Å². The lowest BCUT2D eigenvalue weighted by atomic mass is 10.1. The summed E-state index contributed by atoms with van der Waals surface area (Å²) in [6.45, 7) is 3.10. The number of aryl methyl sites for hydroxylation is 2. The molecule has 0 amide bonds. The minimum atomic E-state index is 0.356. The van der Waals surface area contributed by atoms with Crippen LogP contribution in [0.4, 0.5) is 0 Å². The maximum Gasteiger partial charge on any atom is 0.0753 e. The zero-order chi connectivity index (χ0) is 12.8. The Morgan fingerprint density at radius 1 is 1.50 bits per heavy atom. The fourth-order valence-electron chi connectivity index (χ4n) is 2.15. The lowest BCUT2D eigenvalue weighted by Crippen LogP contribution is -2.23. The van der Waals surface area contributed by atoms with Gasteiger partial charge in [0.15, 0.2) is 0 Å². The first-order chi connectivity index (χ1) is 8.81. The summed E-state index contributed by atoms with van der Waals surface area (Å²) in [6, 6.07) is 4.68. The maximum atomic E-state index is 4.01. The predicted octanol–water partition coefficient (Wildman–Crippen LogP) is 2.55. The van der Waals surface area contributed by atoms with Gasteiger partial charge in [-0.05, 0) is 37.3 Å². The molecule has 0 spiro atoms. The van der Waals surface area contributed by atoms with E-state index >= 15 is 0 Å². The number of nitrogens with zero attached hydrogens (tertiary/aromatic N) is 3. The SMILES string of the molecule is CCNC(CCCc1cccs1)c1cnnn1C. The van der Waals surface area contributed by atoms with E-state index in [9.17, 15) is 0 Å². The quantitative estimate of drug-likeness (QED) is 0.835. The molecule has 0 bridgehead atoms. The van der Waals surface area contributed by atoms with Crippen LogP contribution in [0.5, 0.6) is 0 Å². The van der Waals surface area contributed by atoms with Gasteiger partial charge in [0.05, 0.1) is 17.9 Å². The van der Waals surface area contributed by atoms with Crippen molar-refractivity contribution >= 4 is 11.3 Å². The van der Waals surface area contributed by atoms with Crippen LogP contribution in [0.15, 0.2) is 23.7 Å². The Labute approximate surface area is 112 Å². The highest BCUT2D eigenvalue weighted by atomic mass is 32.1. The van der Waals surface area contributed by atoms with Crippen LogP contribution in [0.2, 0.25) is 0 Å². The van der Waals surface area contributed by atoms with Crippen LogP contribution >= 0.6 is 11.3 Å². The first kappa shape index (κ1) is 13.2. The van der Waals surface area contributed by atoms with Crippen LogP contribution in [0.1, 0.15) is 36.4 Å². The average Bonchev–Trinajstić information content (AvgIpc) is 2.99. The van der Waals surface area contributed by atoms with Gasteiger partial charge in [-0.3, -0.25) is 4.68 Å². The first-order valence-electron chi connectivity index (χ1n) is 6.41. The molecule has 1 atom stereocenters. The molecule has 0 radical (unpaired) electrons. The summed E-state index contributed by atoms with van der Waals surface area (Å²) < 4.78 is 1.86. The van der Waals surface area contributed by atoms with Crippen molar-refractivity contribution in [2.24, 2.45) is 7.05 Å². The summed E-state index contributed by atoms with van der Waals surface area (Å²) in [5.41, 5.74) is 1.17. The monoisotopic (exact) mass is 264 g/mol. The van der Waals surface area contributed by atoms with Crippen LogP contribution in [-0.4, -0.2) is 21.5 Å². The molecule has 0 aromatic carbocycles. The molecular weight excluding hydrogens is 244 g/mol. The molecule has 0 aliphatic rings. The van der Waals surface area contributed by atoms with Gasteiger partial charge in [0.2, 0.25) is 0 Å². The highest BCUT2D eigenvalue weighted by Gasteiger charge is 2.14. The first-order valence-corrected chi connectivity index (χ1v) is 7.29. The Hall–Kier alpha value is -1.20. The summed E-state index contributed by atoms with van der Waals surface area (Å²) >= 11 is 1.84. The smallest absolute Gasteiger partial charge is 0.0753 e. The maximum absolute atomic E-state index is 4.01. The Balaban J connectivity index is 1.89.